The zero-order valence-corrected chi connectivity index (χ0v) is 45.0. The van der Waals surface area contributed by atoms with Crippen LogP contribution in [0.4, 0.5) is 59.3 Å². The number of nitrogens with zero attached hydrogens (tertiary/aromatic N) is 6. The third-order valence-electron chi connectivity index (χ3n) is 14.6. The van der Waals surface area contributed by atoms with Gasteiger partial charge in [0.1, 0.15) is 29.5 Å². The lowest BCUT2D eigenvalue weighted by molar-refractivity contribution is -0.221. The van der Waals surface area contributed by atoms with Crippen LogP contribution in [-0.2, 0) is 41.5 Å². The van der Waals surface area contributed by atoms with Crippen molar-refractivity contribution in [1.29, 1.82) is 0 Å². The van der Waals surface area contributed by atoms with Crippen molar-refractivity contribution in [3.8, 4) is 23.1 Å². The first-order valence-corrected chi connectivity index (χ1v) is 25.4. The Morgan fingerprint density at radius 2 is 1.28 bits per heavy atom. The van der Waals surface area contributed by atoms with Gasteiger partial charge in [0.15, 0.2) is 0 Å². The summed E-state index contributed by atoms with van der Waals surface area (Å²) in [6, 6.07) is 5.96. The smallest absolute Gasteiger partial charge is 0.407 e. The first kappa shape index (κ1) is 62.3. The van der Waals surface area contributed by atoms with Crippen LogP contribution in [0.2, 0.25) is 0 Å². The molecular formula is C53H60F10N10O9. The number of benzene rings is 2. The minimum Gasteiger partial charge on any atom is -0.453 e. The maximum atomic E-state index is 16.1. The minimum absolute atomic E-state index is 0.181. The molecule has 4 amide bonds. The molecule has 3 aliphatic heterocycles. The van der Waals surface area contributed by atoms with Gasteiger partial charge >= 0.3 is 31.1 Å². The number of hydrazine groups is 1. The van der Waals surface area contributed by atoms with Gasteiger partial charge in [-0.2, -0.15) is 40.2 Å². The molecule has 29 heteroatoms. The highest BCUT2D eigenvalue weighted by Gasteiger charge is 2.57. The molecule has 446 valence electrons. The van der Waals surface area contributed by atoms with Crippen LogP contribution in [-0.4, -0.2) is 169 Å². The number of halogens is 10. The standard InChI is InChI=1S/C53H60F10N10O9/c1-50(2,52(58,59)60)43(66-48(77)79-5)45(75)65-40(17-30-10-7-29(8-11-30)9-12-31-13-14-42(64-20-31)70-21-33-25-81-26-34(22-70)73(33)35-27-82-28-35)41(74)24-71(69-46(76)44(67-49(78)80-6)51(3,4)53(61,62)63)23-36-37(54)18-32(19-38(36)55)39-15-16-72(68-39)47(56)57/h7-8,10-11,13-16,18-20,33-35,40-41,43-44,47,74H,17,21-28H2,1-6H3,(H,65,75)(H,66,77)(H,67,78)(H,69,76)/t33?,34?,40-,41-,43+,44+/m0/s1. The number of ether oxygens (including phenoxy) is 4. The lowest BCUT2D eigenvalue weighted by Gasteiger charge is -2.54. The van der Waals surface area contributed by atoms with Crippen LogP contribution in [0.1, 0.15) is 56.5 Å². The predicted octanol–water partition coefficient (Wildman–Crippen LogP) is 5.85. The lowest BCUT2D eigenvalue weighted by Crippen LogP contribution is -2.70. The van der Waals surface area contributed by atoms with Gasteiger partial charge < -0.3 is 44.9 Å². The van der Waals surface area contributed by atoms with E-state index < -0.39 is 115 Å². The third-order valence-corrected chi connectivity index (χ3v) is 14.6. The maximum Gasteiger partial charge on any atom is 0.407 e. The molecule has 82 heavy (non-hydrogen) atoms. The summed E-state index contributed by atoms with van der Waals surface area (Å²) in [5, 5.41) is 22.1. The van der Waals surface area contributed by atoms with Gasteiger partial charge in [-0.25, -0.2) is 33.0 Å². The van der Waals surface area contributed by atoms with E-state index in [-0.39, 0.29) is 33.6 Å². The number of anilines is 1. The van der Waals surface area contributed by atoms with Crippen molar-refractivity contribution in [2.24, 2.45) is 10.8 Å². The van der Waals surface area contributed by atoms with Crippen LogP contribution in [0.5, 0.6) is 0 Å². The quantitative estimate of drug-likeness (QED) is 0.0423. The summed E-state index contributed by atoms with van der Waals surface area (Å²) < 4.78 is 166. The number of hydrogen-bond acceptors (Lipinski definition) is 14. The molecule has 0 saturated carbocycles. The number of amides is 4. The number of hydrogen-bond donors (Lipinski definition) is 5. The number of morpholine rings is 1. The second-order valence-corrected chi connectivity index (χ2v) is 20.9. The van der Waals surface area contributed by atoms with E-state index in [1.165, 1.54) is 24.3 Å². The topological polar surface area (TPSA) is 214 Å². The summed E-state index contributed by atoms with van der Waals surface area (Å²) in [7, 11) is 1.60. The van der Waals surface area contributed by atoms with Gasteiger partial charge in [0.25, 0.3) is 5.91 Å². The number of rotatable bonds is 19. The van der Waals surface area contributed by atoms with Crippen molar-refractivity contribution in [3.63, 3.8) is 0 Å². The van der Waals surface area contributed by atoms with Gasteiger partial charge in [0.2, 0.25) is 5.91 Å². The van der Waals surface area contributed by atoms with Crippen LogP contribution in [0, 0.1) is 34.3 Å². The van der Waals surface area contributed by atoms with E-state index in [2.05, 4.69) is 46.5 Å². The van der Waals surface area contributed by atoms with Crippen LogP contribution < -0.4 is 26.3 Å². The Balaban J connectivity index is 1.18. The van der Waals surface area contributed by atoms with E-state index in [1.807, 2.05) is 22.9 Å². The Labute approximate surface area is 463 Å². The van der Waals surface area contributed by atoms with Crippen LogP contribution in [0.3, 0.4) is 0 Å². The number of pyridine rings is 1. The number of methoxy groups -OCH3 is 2. The van der Waals surface area contributed by atoms with E-state index in [4.69, 9.17) is 9.47 Å². The Morgan fingerprint density at radius 3 is 1.77 bits per heavy atom. The van der Waals surface area contributed by atoms with Gasteiger partial charge in [-0.1, -0.05) is 24.0 Å². The highest BCUT2D eigenvalue weighted by Crippen LogP contribution is 2.42. The van der Waals surface area contributed by atoms with Gasteiger partial charge in [0.05, 0.1) is 87.4 Å². The Hall–Kier alpha value is -7.26. The first-order chi connectivity index (χ1) is 38.5. The number of carbonyl (C=O) groups is 4. The number of carbonyl (C=O) groups excluding carboxylic acids is 4. The van der Waals surface area contributed by atoms with E-state index in [0.717, 1.165) is 32.3 Å². The van der Waals surface area contributed by atoms with Crippen molar-refractivity contribution in [1.82, 2.24) is 46.0 Å². The molecule has 7 rings (SSSR count). The molecule has 3 saturated heterocycles. The number of alkyl carbamates (subject to hydrolysis) is 2. The van der Waals surface area contributed by atoms with Gasteiger partial charge in [0, 0.05) is 60.8 Å². The first-order valence-electron chi connectivity index (χ1n) is 25.4. The number of aliphatic hydroxyl groups excluding tert-OH is 1. The fraction of sp³-hybridized carbons (Fsp3) is 0.509. The Bertz CT molecular complexity index is 2930. The van der Waals surface area contributed by atoms with Crippen molar-refractivity contribution in [2.45, 2.75) is 102 Å². The number of aliphatic hydroxyl groups is 1. The molecule has 2 bridgehead atoms. The fourth-order valence-electron chi connectivity index (χ4n) is 9.43. The molecule has 0 radical (unpaired) electrons. The third kappa shape index (κ3) is 14.5. The Kier molecular flexibility index (Phi) is 19.4. The molecule has 6 atom stereocenters. The molecule has 19 nitrogen and oxygen atoms in total. The van der Waals surface area contributed by atoms with Crippen molar-refractivity contribution in [2.75, 3.05) is 65.2 Å². The number of fused-ring (bicyclic) bond motifs is 2. The number of aromatic nitrogens is 3. The molecule has 5 N–H and O–H groups in total. The van der Waals surface area contributed by atoms with Gasteiger partial charge in [-0.05, 0) is 82.1 Å². The molecule has 0 spiro atoms. The van der Waals surface area contributed by atoms with Crippen LogP contribution in [0.25, 0.3) is 11.3 Å². The number of piperazine rings is 1. The van der Waals surface area contributed by atoms with Crippen molar-refractivity contribution >= 4 is 29.8 Å². The monoisotopic (exact) mass is 1170 g/mol. The molecule has 3 fully saturated rings. The minimum atomic E-state index is -5.23. The molecule has 3 aliphatic rings. The second-order valence-electron chi connectivity index (χ2n) is 20.9. The highest BCUT2D eigenvalue weighted by molar-refractivity contribution is 5.87. The lowest BCUT2D eigenvalue weighted by atomic mass is 9.82. The van der Waals surface area contributed by atoms with E-state index in [9.17, 15) is 59.4 Å². The molecule has 5 heterocycles. The summed E-state index contributed by atoms with van der Waals surface area (Å²) in [5.41, 5.74) is -4.48. The summed E-state index contributed by atoms with van der Waals surface area (Å²) in [4.78, 5) is 62.3. The Morgan fingerprint density at radius 1 is 0.756 bits per heavy atom. The summed E-state index contributed by atoms with van der Waals surface area (Å²) >= 11 is 0. The molecule has 4 aromatic rings. The summed E-state index contributed by atoms with van der Waals surface area (Å²) in [5.74, 6) is 0.700. The molecule has 2 aromatic carbocycles. The zero-order valence-electron chi connectivity index (χ0n) is 45.0. The molecule has 0 aliphatic carbocycles. The normalized spacial score (nSPS) is 18.5. The average Bonchev–Trinajstić information content (AvgIpc) is 4.04. The largest absolute Gasteiger partial charge is 0.453 e. The van der Waals surface area contributed by atoms with Gasteiger partial charge in [-0.3, -0.25) is 19.9 Å². The molecular weight excluding hydrogens is 1110 g/mol. The second kappa shape index (κ2) is 25.5. The average molecular weight is 1170 g/mol. The highest BCUT2D eigenvalue weighted by atomic mass is 19.4. The SMILES string of the molecule is COC(=O)N[C@H](C(=O)N[C@@H](Cc1ccc(C#Cc2ccc(N3CC4COCC(C3)N4C3COC3)nc2)cc1)[C@@H](O)CN(Cc1c(F)cc(-c2ccn(C(F)F)n2)cc1F)NC(=O)[C@@H](NC(=O)OC)C(C)(C)C(F)(F)F)C(C)(C)C(F)(F)F. The number of nitrogens with one attached hydrogen (secondary N) is 4. The van der Waals surface area contributed by atoms with E-state index in [1.54, 1.807) is 11.5 Å². The predicted molar refractivity (Wildman–Crippen MR) is 271 cm³/mol. The van der Waals surface area contributed by atoms with E-state index >= 15 is 8.78 Å². The van der Waals surface area contributed by atoms with Crippen LogP contribution >= 0.6 is 0 Å². The van der Waals surface area contributed by atoms with Crippen molar-refractivity contribution < 1.29 is 87.1 Å². The maximum absolute atomic E-state index is 16.1. The number of alkyl halides is 8. The summed E-state index contributed by atoms with van der Waals surface area (Å²) in [6.45, 7) is 0.847. The molecule has 2 aromatic heterocycles. The fourth-order valence-corrected chi connectivity index (χ4v) is 9.43. The van der Waals surface area contributed by atoms with Gasteiger partial charge in [-0.15, -0.1) is 0 Å². The zero-order chi connectivity index (χ0) is 60.1. The van der Waals surface area contributed by atoms with E-state index in [0.29, 0.717) is 102 Å². The van der Waals surface area contributed by atoms with Crippen molar-refractivity contribution in [3.05, 3.63) is 101 Å². The van der Waals surface area contributed by atoms with Crippen LogP contribution in [0.15, 0.2) is 67.0 Å². The summed E-state index contributed by atoms with van der Waals surface area (Å²) in [6.07, 6.45) is -13.6. The molecule has 2 unspecified atom stereocenters.